The van der Waals surface area contributed by atoms with Crippen LogP contribution >= 0.6 is 0 Å². The largest absolute Gasteiger partial charge is 0.462 e. The van der Waals surface area contributed by atoms with Crippen molar-refractivity contribution >= 4 is 24.1 Å². The first-order chi connectivity index (χ1) is 11.0. The Hall–Kier alpha value is -3.13. The van der Waals surface area contributed by atoms with Gasteiger partial charge < -0.3 is 15.5 Å². The minimum absolute atomic E-state index is 0.0871. The standard InChI is InChI=1S/C15H16N4O4/c1-2-23-15(22)10-5-3-9(4-6-10)12-7-11(13(16)21)14(18-12)19(17)8-20/h3-8,18H,2,17H2,1H3,(H2,16,21). The number of esters is 1. The second-order valence-corrected chi connectivity index (χ2v) is 4.62. The fourth-order valence-electron chi connectivity index (χ4n) is 2.04. The molecule has 1 aromatic carbocycles. The normalized spacial score (nSPS) is 10.2. The minimum Gasteiger partial charge on any atom is -0.462 e. The number of hydrogen-bond acceptors (Lipinski definition) is 5. The van der Waals surface area contributed by atoms with Gasteiger partial charge in [-0.25, -0.2) is 15.6 Å². The molecule has 0 atom stereocenters. The van der Waals surface area contributed by atoms with Crippen LogP contribution in [0.1, 0.15) is 27.6 Å². The number of anilines is 1. The number of aromatic amines is 1. The maximum atomic E-state index is 11.6. The van der Waals surface area contributed by atoms with Crippen LogP contribution in [-0.4, -0.2) is 29.9 Å². The Morgan fingerprint density at radius 3 is 2.48 bits per heavy atom. The van der Waals surface area contributed by atoms with E-state index in [1.807, 2.05) is 0 Å². The number of H-pyrrole nitrogens is 1. The van der Waals surface area contributed by atoms with Gasteiger partial charge in [0.2, 0.25) is 6.41 Å². The lowest BCUT2D eigenvalue weighted by Gasteiger charge is -2.08. The van der Waals surface area contributed by atoms with E-state index < -0.39 is 11.9 Å². The van der Waals surface area contributed by atoms with Gasteiger partial charge in [0, 0.05) is 5.69 Å². The fraction of sp³-hybridized carbons (Fsp3) is 0.133. The van der Waals surface area contributed by atoms with Crippen molar-refractivity contribution in [3.05, 3.63) is 41.5 Å². The van der Waals surface area contributed by atoms with E-state index in [1.54, 1.807) is 31.2 Å². The number of benzene rings is 1. The number of nitrogens with zero attached hydrogens (tertiary/aromatic N) is 1. The van der Waals surface area contributed by atoms with E-state index in [1.165, 1.54) is 6.07 Å². The summed E-state index contributed by atoms with van der Waals surface area (Å²) in [4.78, 5) is 36.7. The molecule has 23 heavy (non-hydrogen) atoms. The number of nitrogens with one attached hydrogen (secondary N) is 1. The number of carbonyl (C=O) groups is 3. The molecule has 1 aromatic heterocycles. The van der Waals surface area contributed by atoms with Gasteiger partial charge in [0.25, 0.3) is 5.91 Å². The highest BCUT2D eigenvalue weighted by Gasteiger charge is 2.17. The molecular formula is C15H16N4O4. The van der Waals surface area contributed by atoms with E-state index in [2.05, 4.69) is 4.98 Å². The molecule has 0 radical (unpaired) electrons. The molecule has 8 heteroatoms. The quantitative estimate of drug-likeness (QED) is 0.238. The van der Waals surface area contributed by atoms with E-state index in [0.717, 1.165) is 5.01 Å². The lowest BCUT2D eigenvalue weighted by Crippen LogP contribution is -2.31. The highest BCUT2D eigenvalue weighted by Crippen LogP contribution is 2.26. The van der Waals surface area contributed by atoms with Crippen molar-refractivity contribution in [2.45, 2.75) is 6.92 Å². The summed E-state index contributed by atoms with van der Waals surface area (Å²) in [6, 6.07) is 8.03. The Labute approximate surface area is 132 Å². The molecule has 8 nitrogen and oxygen atoms in total. The van der Waals surface area contributed by atoms with Crippen molar-refractivity contribution in [3.63, 3.8) is 0 Å². The zero-order valence-electron chi connectivity index (χ0n) is 12.4. The van der Waals surface area contributed by atoms with Crippen LogP contribution in [0.2, 0.25) is 0 Å². The van der Waals surface area contributed by atoms with Crippen molar-refractivity contribution in [2.24, 2.45) is 11.6 Å². The zero-order chi connectivity index (χ0) is 17.0. The first kappa shape index (κ1) is 16.2. The first-order valence-electron chi connectivity index (χ1n) is 6.77. The molecule has 120 valence electrons. The third-order valence-corrected chi connectivity index (χ3v) is 3.14. The second-order valence-electron chi connectivity index (χ2n) is 4.62. The van der Waals surface area contributed by atoms with Gasteiger partial charge in [0.1, 0.15) is 5.82 Å². The SMILES string of the molecule is CCOC(=O)c1ccc(-c2cc(C(N)=O)c(N(N)C=O)[nH]2)cc1. The molecule has 0 saturated carbocycles. The molecule has 0 unspecified atom stereocenters. The summed E-state index contributed by atoms with van der Waals surface area (Å²) >= 11 is 0. The van der Waals surface area contributed by atoms with E-state index in [4.69, 9.17) is 16.3 Å². The number of nitrogens with two attached hydrogens (primary N) is 2. The van der Waals surface area contributed by atoms with E-state index in [0.29, 0.717) is 29.8 Å². The molecule has 0 aliphatic carbocycles. The molecule has 5 N–H and O–H groups in total. The maximum Gasteiger partial charge on any atom is 0.338 e. The topological polar surface area (TPSA) is 132 Å². The minimum atomic E-state index is -0.719. The highest BCUT2D eigenvalue weighted by atomic mass is 16.5. The first-order valence-corrected chi connectivity index (χ1v) is 6.77. The molecule has 0 fully saturated rings. The monoisotopic (exact) mass is 316 g/mol. The van der Waals surface area contributed by atoms with E-state index in [9.17, 15) is 14.4 Å². The Kier molecular flexibility index (Phi) is 4.77. The second kappa shape index (κ2) is 6.75. The molecular weight excluding hydrogens is 300 g/mol. The number of hydrogen-bond donors (Lipinski definition) is 3. The number of carbonyl (C=O) groups excluding carboxylic acids is 3. The molecule has 0 bridgehead atoms. The van der Waals surface area contributed by atoms with Crippen LogP contribution in [-0.2, 0) is 9.53 Å². The zero-order valence-corrected chi connectivity index (χ0v) is 12.4. The third kappa shape index (κ3) is 3.38. The van der Waals surface area contributed by atoms with Crippen molar-refractivity contribution in [1.29, 1.82) is 0 Å². The number of primary amides is 1. The number of ether oxygens (including phenoxy) is 1. The van der Waals surface area contributed by atoms with Crippen LogP contribution in [0, 0.1) is 0 Å². The van der Waals surface area contributed by atoms with Crippen LogP contribution < -0.4 is 16.6 Å². The van der Waals surface area contributed by atoms with Crippen LogP contribution in [0.5, 0.6) is 0 Å². The molecule has 0 saturated heterocycles. The summed E-state index contributed by atoms with van der Waals surface area (Å²) in [5.74, 6) is 4.44. The van der Waals surface area contributed by atoms with Gasteiger partial charge >= 0.3 is 5.97 Å². The van der Waals surface area contributed by atoms with Crippen molar-refractivity contribution in [2.75, 3.05) is 11.6 Å². The van der Waals surface area contributed by atoms with Gasteiger partial charge in [0.05, 0.1) is 17.7 Å². The van der Waals surface area contributed by atoms with Crippen LogP contribution in [0.15, 0.2) is 30.3 Å². The van der Waals surface area contributed by atoms with Gasteiger partial charge in [-0.15, -0.1) is 0 Å². The fourth-order valence-corrected chi connectivity index (χ4v) is 2.04. The van der Waals surface area contributed by atoms with E-state index in [-0.39, 0.29) is 11.4 Å². The van der Waals surface area contributed by atoms with Crippen LogP contribution in [0.3, 0.4) is 0 Å². The molecule has 2 aromatic rings. The Bertz CT molecular complexity index is 736. The summed E-state index contributed by atoms with van der Waals surface area (Å²) in [7, 11) is 0. The summed E-state index contributed by atoms with van der Waals surface area (Å²) in [6.45, 7) is 2.02. The summed E-state index contributed by atoms with van der Waals surface area (Å²) in [6.07, 6.45) is 0.353. The lowest BCUT2D eigenvalue weighted by molar-refractivity contribution is -0.107. The predicted molar refractivity (Wildman–Crippen MR) is 83.4 cm³/mol. The molecule has 0 spiro atoms. The Balaban J connectivity index is 2.37. The summed E-state index contributed by atoms with van der Waals surface area (Å²) < 4.78 is 4.90. The average molecular weight is 316 g/mol. The third-order valence-electron chi connectivity index (χ3n) is 3.14. The van der Waals surface area contributed by atoms with Gasteiger partial charge in [-0.1, -0.05) is 12.1 Å². The smallest absolute Gasteiger partial charge is 0.338 e. The van der Waals surface area contributed by atoms with E-state index >= 15 is 0 Å². The van der Waals surface area contributed by atoms with Crippen molar-refractivity contribution < 1.29 is 19.1 Å². The van der Waals surface area contributed by atoms with Crippen molar-refractivity contribution in [1.82, 2.24) is 4.98 Å². The van der Waals surface area contributed by atoms with Crippen LogP contribution in [0.25, 0.3) is 11.3 Å². The van der Waals surface area contributed by atoms with Crippen LogP contribution in [0.4, 0.5) is 5.82 Å². The Morgan fingerprint density at radius 1 is 1.30 bits per heavy atom. The molecule has 0 aliphatic rings. The summed E-state index contributed by atoms with van der Waals surface area (Å²) in [5.41, 5.74) is 6.99. The van der Waals surface area contributed by atoms with Gasteiger partial charge in [0.15, 0.2) is 0 Å². The number of amides is 2. The van der Waals surface area contributed by atoms with Gasteiger partial charge in [-0.3, -0.25) is 9.59 Å². The highest BCUT2D eigenvalue weighted by molar-refractivity contribution is 6.01. The molecule has 1 heterocycles. The average Bonchev–Trinajstić information content (AvgIpc) is 3.00. The number of rotatable bonds is 6. The molecule has 2 rings (SSSR count). The molecule has 0 aliphatic heterocycles. The van der Waals surface area contributed by atoms with Gasteiger partial charge in [-0.05, 0) is 30.7 Å². The maximum absolute atomic E-state index is 11.6. The number of hydrazine groups is 1. The van der Waals surface area contributed by atoms with Crippen molar-refractivity contribution in [3.8, 4) is 11.3 Å². The molecule has 2 amide bonds. The Morgan fingerprint density at radius 2 is 1.96 bits per heavy atom. The van der Waals surface area contributed by atoms with Gasteiger partial charge in [-0.2, -0.15) is 0 Å². The predicted octanol–water partition coefficient (Wildman–Crippen LogP) is 0.794. The summed E-state index contributed by atoms with van der Waals surface area (Å²) in [5, 5.41) is 0.733. The lowest BCUT2D eigenvalue weighted by atomic mass is 10.1. The number of aromatic nitrogens is 1.